The lowest BCUT2D eigenvalue weighted by Crippen LogP contribution is -2.22. The highest BCUT2D eigenvalue weighted by molar-refractivity contribution is 7.98. The molecule has 4 heteroatoms. The summed E-state index contributed by atoms with van der Waals surface area (Å²) in [6.07, 6.45) is 3.46. The molecule has 0 aromatic heterocycles. The first-order valence-corrected chi connectivity index (χ1v) is 7.49. The van der Waals surface area contributed by atoms with Gasteiger partial charge in [-0.25, -0.2) is 4.39 Å². The summed E-state index contributed by atoms with van der Waals surface area (Å²) in [7, 11) is 2.07. The molecular weight excluding hydrogens is 249 g/mol. The van der Waals surface area contributed by atoms with Gasteiger partial charge < -0.3 is 4.90 Å². The van der Waals surface area contributed by atoms with Gasteiger partial charge in [0.1, 0.15) is 5.82 Å². The Morgan fingerprint density at radius 3 is 2.56 bits per heavy atom. The Labute approximate surface area is 113 Å². The number of benzene rings is 1. The van der Waals surface area contributed by atoms with Crippen LogP contribution in [0.3, 0.4) is 0 Å². The van der Waals surface area contributed by atoms with E-state index in [1.807, 2.05) is 11.8 Å². The number of nitrogens with zero attached hydrogens (tertiary/aromatic N) is 1. The number of Topliss-reactive ketones (excluding diaryl/α,β-unsaturated/α-hetero) is 1. The lowest BCUT2D eigenvalue weighted by molar-refractivity contribution is 0.0976. The van der Waals surface area contributed by atoms with Gasteiger partial charge in [0.25, 0.3) is 0 Å². The SMILES string of the molecule is CSCCN(C)CCCC(=O)c1ccc(F)cc1. The highest BCUT2D eigenvalue weighted by atomic mass is 32.2. The van der Waals surface area contributed by atoms with Crippen LogP contribution in [-0.2, 0) is 0 Å². The van der Waals surface area contributed by atoms with Crippen LogP contribution in [-0.4, -0.2) is 42.8 Å². The lowest BCUT2D eigenvalue weighted by atomic mass is 10.1. The third kappa shape index (κ3) is 5.65. The summed E-state index contributed by atoms with van der Waals surface area (Å²) in [6, 6.07) is 5.76. The van der Waals surface area contributed by atoms with Gasteiger partial charge in [-0.05, 0) is 50.5 Å². The molecule has 0 atom stereocenters. The van der Waals surface area contributed by atoms with Crippen LogP contribution in [0.2, 0.25) is 0 Å². The number of ketones is 1. The lowest BCUT2D eigenvalue weighted by Gasteiger charge is -2.15. The van der Waals surface area contributed by atoms with Gasteiger partial charge in [-0.3, -0.25) is 4.79 Å². The Bertz CT molecular complexity index is 367. The van der Waals surface area contributed by atoms with Gasteiger partial charge in [0.15, 0.2) is 5.78 Å². The summed E-state index contributed by atoms with van der Waals surface area (Å²) >= 11 is 1.82. The first-order valence-electron chi connectivity index (χ1n) is 6.09. The predicted molar refractivity (Wildman–Crippen MR) is 75.8 cm³/mol. The maximum Gasteiger partial charge on any atom is 0.162 e. The molecule has 0 spiro atoms. The zero-order chi connectivity index (χ0) is 13.4. The van der Waals surface area contributed by atoms with Crippen LogP contribution in [0.4, 0.5) is 4.39 Å². The Morgan fingerprint density at radius 1 is 1.28 bits per heavy atom. The maximum absolute atomic E-state index is 12.7. The summed E-state index contributed by atoms with van der Waals surface area (Å²) in [5.41, 5.74) is 0.600. The van der Waals surface area contributed by atoms with E-state index in [2.05, 4.69) is 18.2 Å². The van der Waals surface area contributed by atoms with E-state index in [1.165, 1.54) is 12.1 Å². The number of halogens is 1. The normalized spacial score (nSPS) is 10.9. The molecule has 0 amide bonds. The Kier molecular flexibility index (Phi) is 6.98. The molecule has 0 aliphatic rings. The number of carbonyl (C=O) groups is 1. The number of hydrogen-bond acceptors (Lipinski definition) is 3. The topological polar surface area (TPSA) is 20.3 Å². The van der Waals surface area contributed by atoms with E-state index < -0.39 is 0 Å². The molecule has 1 aromatic rings. The quantitative estimate of drug-likeness (QED) is 0.676. The van der Waals surface area contributed by atoms with Crippen molar-refractivity contribution in [2.75, 3.05) is 32.1 Å². The molecule has 0 heterocycles. The predicted octanol–water partition coefficient (Wildman–Crippen LogP) is 3.08. The van der Waals surface area contributed by atoms with Gasteiger partial charge in [0.05, 0.1) is 0 Å². The Hall–Kier alpha value is -0.870. The molecule has 0 aliphatic heterocycles. The maximum atomic E-state index is 12.7. The van der Waals surface area contributed by atoms with Crippen molar-refractivity contribution in [2.45, 2.75) is 12.8 Å². The highest BCUT2D eigenvalue weighted by Gasteiger charge is 2.06. The van der Waals surface area contributed by atoms with Crippen LogP contribution < -0.4 is 0 Å². The van der Waals surface area contributed by atoms with E-state index in [-0.39, 0.29) is 11.6 Å². The second-order valence-electron chi connectivity index (χ2n) is 4.33. The first kappa shape index (κ1) is 15.2. The molecule has 0 aliphatic carbocycles. The van der Waals surface area contributed by atoms with Crippen LogP contribution in [0, 0.1) is 5.82 Å². The fraction of sp³-hybridized carbons (Fsp3) is 0.500. The molecular formula is C14H20FNOS. The minimum Gasteiger partial charge on any atom is -0.306 e. The minimum atomic E-state index is -0.302. The Balaban J connectivity index is 2.27. The number of carbonyl (C=O) groups excluding carboxylic acids is 1. The van der Waals surface area contributed by atoms with Crippen LogP contribution in [0.1, 0.15) is 23.2 Å². The average Bonchev–Trinajstić information content (AvgIpc) is 2.37. The van der Waals surface area contributed by atoms with Gasteiger partial charge >= 0.3 is 0 Å². The van der Waals surface area contributed by atoms with E-state index in [0.717, 1.165) is 25.3 Å². The largest absolute Gasteiger partial charge is 0.306 e. The summed E-state index contributed by atoms with van der Waals surface area (Å²) < 4.78 is 12.7. The van der Waals surface area contributed by atoms with Crippen molar-refractivity contribution >= 4 is 17.5 Å². The molecule has 0 N–H and O–H groups in total. The van der Waals surface area contributed by atoms with Gasteiger partial charge in [0, 0.05) is 24.3 Å². The fourth-order valence-electron chi connectivity index (χ4n) is 1.65. The van der Waals surface area contributed by atoms with Crippen molar-refractivity contribution in [3.8, 4) is 0 Å². The molecule has 2 nitrogen and oxygen atoms in total. The molecule has 1 rings (SSSR count). The zero-order valence-electron chi connectivity index (χ0n) is 11.0. The van der Waals surface area contributed by atoms with Gasteiger partial charge in [-0.1, -0.05) is 0 Å². The van der Waals surface area contributed by atoms with Crippen LogP contribution >= 0.6 is 11.8 Å². The van der Waals surface area contributed by atoms with Crippen LogP contribution in [0.25, 0.3) is 0 Å². The van der Waals surface area contributed by atoms with E-state index in [4.69, 9.17) is 0 Å². The molecule has 0 fully saturated rings. The second kappa shape index (κ2) is 8.27. The van der Waals surface area contributed by atoms with Crippen molar-refractivity contribution in [3.63, 3.8) is 0 Å². The number of hydrogen-bond donors (Lipinski definition) is 0. The van der Waals surface area contributed by atoms with Crippen molar-refractivity contribution in [3.05, 3.63) is 35.6 Å². The second-order valence-corrected chi connectivity index (χ2v) is 5.32. The molecule has 100 valence electrons. The zero-order valence-corrected chi connectivity index (χ0v) is 11.8. The molecule has 0 unspecified atom stereocenters. The van der Waals surface area contributed by atoms with Crippen molar-refractivity contribution in [1.82, 2.24) is 4.90 Å². The summed E-state index contributed by atoms with van der Waals surface area (Å²) in [5.74, 6) is 0.902. The summed E-state index contributed by atoms with van der Waals surface area (Å²) in [6.45, 7) is 1.97. The van der Waals surface area contributed by atoms with E-state index in [9.17, 15) is 9.18 Å². The molecule has 1 aromatic carbocycles. The Morgan fingerprint density at radius 2 is 1.94 bits per heavy atom. The van der Waals surface area contributed by atoms with Crippen LogP contribution in [0.5, 0.6) is 0 Å². The monoisotopic (exact) mass is 269 g/mol. The number of rotatable bonds is 8. The van der Waals surface area contributed by atoms with Crippen LogP contribution in [0.15, 0.2) is 24.3 Å². The van der Waals surface area contributed by atoms with E-state index >= 15 is 0 Å². The van der Waals surface area contributed by atoms with Crippen molar-refractivity contribution < 1.29 is 9.18 Å². The minimum absolute atomic E-state index is 0.0910. The van der Waals surface area contributed by atoms with Crippen molar-refractivity contribution in [2.24, 2.45) is 0 Å². The third-order valence-electron chi connectivity index (χ3n) is 2.79. The molecule has 18 heavy (non-hydrogen) atoms. The highest BCUT2D eigenvalue weighted by Crippen LogP contribution is 2.07. The van der Waals surface area contributed by atoms with E-state index in [1.54, 1.807) is 12.1 Å². The molecule has 0 radical (unpaired) electrons. The molecule has 0 saturated carbocycles. The average molecular weight is 269 g/mol. The third-order valence-corrected chi connectivity index (χ3v) is 3.38. The molecule has 0 bridgehead atoms. The summed E-state index contributed by atoms with van der Waals surface area (Å²) in [5, 5.41) is 0. The van der Waals surface area contributed by atoms with Gasteiger partial charge in [-0.15, -0.1) is 0 Å². The van der Waals surface area contributed by atoms with E-state index in [0.29, 0.717) is 12.0 Å². The standard InChI is InChI=1S/C14H20FNOS/c1-16(10-11-18-2)9-3-4-14(17)12-5-7-13(15)8-6-12/h5-8H,3-4,9-11H2,1-2H3. The molecule has 0 saturated heterocycles. The van der Waals surface area contributed by atoms with Gasteiger partial charge in [-0.2, -0.15) is 11.8 Å². The number of thioether (sulfide) groups is 1. The summed E-state index contributed by atoms with van der Waals surface area (Å²) in [4.78, 5) is 14.0. The van der Waals surface area contributed by atoms with Crippen molar-refractivity contribution in [1.29, 1.82) is 0 Å². The fourth-order valence-corrected chi connectivity index (χ4v) is 2.14. The van der Waals surface area contributed by atoms with Gasteiger partial charge in [0.2, 0.25) is 0 Å². The first-order chi connectivity index (χ1) is 8.63. The smallest absolute Gasteiger partial charge is 0.162 e.